The molecule has 5 heteroatoms. The molecule has 1 rings (SSSR count). The molecule has 0 atom stereocenters. The first-order valence-electron chi connectivity index (χ1n) is 5.20. The molecule has 96 valence electrons. The van der Waals surface area contributed by atoms with Crippen molar-refractivity contribution in [3.63, 3.8) is 0 Å². The van der Waals surface area contributed by atoms with Gasteiger partial charge in [-0.3, -0.25) is 4.79 Å². The Morgan fingerprint density at radius 1 is 1.50 bits per heavy atom. The van der Waals surface area contributed by atoms with Gasteiger partial charge in [0.1, 0.15) is 12.0 Å². The molecule has 0 fully saturated rings. The standard InChI is InChI=1S/C13H13BrO4/c1-3-4-10-5-9(7-15)6-11(14)13(10)18-8-12(16)17-2/h3,5-7H,1,4,8H2,2H3. The van der Waals surface area contributed by atoms with E-state index in [2.05, 4.69) is 27.2 Å². The third-order valence-electron chi connectivity index (χ3n) is 2.21. The maximum atomic E-state index is 11.0. The fraction of sp³-hybridized carbons (Fsp3) is 0.231. The first-order chi connectivity index (χ1) is 8.62. The Balaban J connectivity index is 3.03. The zero-order valence-corrected chi connectivity index (χ0v) is 11.5. The summed E-state index contributed by atoms with van der Waals surface area (Å²) in [4.78, 5) is 21.8. The van der Waals surface area contributed by atoms with Crippen LogP contribution < -0.4 is 4.74 Å². The van der Waals surface area contributed by atoms with E-state index in [1.807, 2.05) is 0 Å². The molecule has 4 nitrogen and oxygen atoms in total. The highest BCUT2D eigenvalue weighted by molar-refractivity contribution is 9.10. The van der Waals surface area contributed by atoms with Crippen molar-refractivity contribution >= 4 is 28.2 Å². The van der Waals surface area contributed by atoms with Gasteiger partial charge in [-0.25, -0.2) is 4.79 Å². The summed E-state index contributed by atoms with van der Waals surface area (Å²) in [6.45, 7) is 3.46. The first kappa shape index (κ1) is 14.4. The van der Waals surface area contributed by atoms with E-state index >= 15 is 0 Å². The maximum Gasteiger partial charge on any atom is 0.343 e. The van der Waals surface area contributed by atoms with Gasteiger partial charge in [0.15, 0.2) is 6.61 Å². The lowest BCUT2D eigenvalue weighted by molar-refractivity contribution is -0.142. The number of rotatable bonds is 6. The Bertz CT molecular complexity index is 468. The third kappa shape index (κ3) is 3.70. The zero-order chi connectivity index (χ0) is 13.5. The van der Waals surface area contributed by atoms with Crippen LogP contribution in [0.25, 0.3) is 0 Å². The fourth-order valence-electron chi connectivity index (χ4n) is 1.40. The lowest BCUT2D eigenvalue weighted by Gasteiger charge is -2.12. The Labute approximate surface area is 114 Å². The summed E-state index contributed by atoms with van der Waals surface area (Å²) in [5, 5.41) is 0. The van der Waals surface area contributed by atoms with Gasteiger partial charge in [0.25, 0.3) is 0 Å². The predicted octanol–water partition coefficient (Wildman–Crippen LogP) is 2.54. The number of methoxy groups -OCH3 is 1. The number of carbonyl (C=O) groups is 2. The second kappa shape index (κ2) is 6.96. The van der Waals surface area contributed by atoms with E-state index in [0.29, 0.717) is 22.2 Å². The summed E-state index contributed by atoms with van der Waals surface area (Å²) in [6, 6.07) is 3.33. The highest BCUT2D eigenvalue weighted by Gasteiger charge is 2.12. The number of carbonyl (C=O) groups excluding carboxylic acids is 2. The monoisotopic (exact) mass is 312 g/mol. The number of allylic oxidation sites excluding steroid dienone is 1. The predicted molar refractivity (Wildman–Crippen MR) is 70.9 cm³/mol. The van der Waals surface area contributed by atoms with Crippen LogP contribution in [0.4, 0.5) is 0 Å². The average molecular weight is 313 g/mol. The van der Waals surface area contributed by atoms with Crippen molar-refractivity contribution in [2.45, 2.75) is 6.42 Å². The van der Waals surface area contributed by atoms with Gasteiger partial charge < -0.3 is 9.47 Å². The summed E-state index contributed by atoms with van der Waals surface area (Å²) in [5.41, 5.74) is 1.31. The third-order valence-corrected chi connectivity index (χ3v) is 2.79. The molecule has 0 heterocycles. The van der Waals surface area contributed by atoms with Crippen molar-refractivity contribution < 1.29 is 19.1 Å². The molecule has 0 unspecified atom stereocenters. The number of hydrogen-bond acceptors (Lipinski definition) is 4. The quantitative estimate of drug-likeness (QED) is 0.460. The number of aldehydes is 1. The van der Waals surface area contributed by atoms with Crippen LogP contribution in [-0.2, 0) is 16.0 Å². The molecule has 18 heavy (non-hydrogen) atoms. The molecule has 0 aliphatic heterocycles. The largest absolute Gasteiger partial charge is 0.480 e. The highest BCUT2D eigenvalue weighted by Crippen LogP contribution is 2.31. The van der Waals surface area contributed by atoms with Gasteiger partial charge in [-0.1, -0.05) is 6.08 Å². The van der Waals surface area contributed by atoms with Crippen molar-refractivity contribution in [2.24, 2.45) is 0 Å². The molecule has 0 bridgehead atoms. The first-order valence-corrected chi connectivity index (χ1v) is 5.99. The van der Waals surface area contributed by atoms with Crippen molar-refractivity contribution in [3.05, 3.63) is 40.4 Å². The molecular formula is C13H13BrO4. The van der Waals surface area contributed by atoms with Gasteiger partial charge in [-0.2, -0.15) is 0 Å². The molecule has 0 amide bonds. The van der Waals surface area contributed by atoms with Crippen LogP contribution in [-0.4, -0.2) is 26.0 Å². The van der Waals surface area contributed by atoms with E-state index in [1.54, 1.807) is 18.2 Å². The normalized spacial score (nSPS) is 9.67. The van der Waals surface area contributed by atoms with Crippen LogP contribution in [0.1, 0.15) is 15.9 Å². The van der Waals surface area contributed by atoms with Crippen molar-refractivity contribution in [1.82, 2.24) is 0 Å². The minimum absolute atomic E-state index is 0.181. The highest BCUT2D eigenvalue weighted by atomic mass is 79.9. The lowest BCUT2D eigenvalue weighted by Crippen LogP contribution is -2.13. The van der Waals surface area contributed by atoms with Gasteiger partial charge in [0, 0.05) is 5.56 Å². The molecule has 0 aliphatic rings. The molecule has 0 radical (unpaired) electrons. The average Bonchev–Trinajstić information content (AvgIpc) is 2.37. The molecule has 0 aliphatic carbocycles. The summed E-state index contributed by atoms with van der Waals surface area (Å²) in [6.07, 6.45) is 2.99. The summed E-state index contributed by atoms with van der Waals surface area (Å²) in [5.74, 6) is 0.0526. The van der Waals surface area contributed by atoms with E-state index < -0.39 is 5.97 Å². The molecule has 0 spiro atoms. The molecule has 0 aromatic heterocycles. The number of ether oxygens (including phenoxy) is 2. The van der Waals surface area contributed by atoms with Gasteiger partial charge in [-0.05, 0) is 40.0 Å². The minimum Gasteiger partial charge on any atom is -0.480 e. The lowest BCUT2D eigenvalue weighted by atomic mass is 10.1. The number of benzene rings is 1. The van der Waals surface area contributed by atoms with Crippen LogP contribution in [0.15, 0.2) is 29.3 Å². The minimum atomic E-state index is -0.467. The topological polar surface area (TPSA) is 52.6 Å². The van der Waals surface area contributed by atoms with Crippen molar-refractivity contribution in [2.75, 3.05) is 13.7 Å². The van der Waals surface area contributed by atoms with E-state index in [1.165, 1.54) is 7.11 Å². The van der Waals surface area contributed by atoms with Crippen LogP contribution in [0.3, 0.4) is 0 Å². The number of hydrogen-bond donors (Lipinski definition) is 0. The number of halogens is 1. The summed E-state index contributed by atoms with van der Waals surface area (Å²) in [7, 11) is 1.29. The van der Waals surface area contributed by atoms with Crippen molar-refractivity contribution in [3.8, 4) is 5.75 Å². The molecule has 0 N–H and O–H groups in total. The van der Waals surface area contributed by atoms with Crippen LogP contribution in [0, 0.1) is 0 Å². The zero-order valence-electron chi connectivity index (χ0n) is 9.94. The Hall–Kier alpha value is -1.62. The van der Waals surface area contributed by atoms with Gasteiger partial charge in [-0.15, -0.1) is 6.58 Å². The second-order valence-corrected chi connectivity index (χ2v) is 4.32. The summed E-state index contributed by atoms with van der Waals surface area (Å²) < 4.78 is 10.5. The summed E-state index contributed by atoms with van der Waals surface area (Å²) >= 11 is 3.31. The molecule has 0 saturated carbocycles. The Morgan fingerprint density at radius 3 is 2.78 bits per heavy atom. The smallest absolute Gasteiger partial charge is 0.343 e. The Morgan fingerprint density at radius 2 is 2.22 bits per heavy atom. The molecule has 0 saturated heterocycles. The van der Waals surface area contributed by atoms with Crippen LogP contribution >= 0.6 is 15.9 Å². The van der Waals surface area contributed by atoms with Crippen molar-refractivity contribution in [1.29, 1.82) is 0 Å². The van der Waals surface area contributed by atoms with Gasteiger partial charge in [0.2, 0.25) is 0 Å². The van der Waals surface area contributed by atoms with Gasteiger partial charge in [0.05, 0.1) is 11.6 Å². The van der Waals surface area contributed by atoms with E-state index in [0.717, 1.165) is 11.8 Å². The number of esters is 1. The van der Waals surface area contributed by atoms with Gasteiger partial charge >= 0.3 is 5.97 Å². The molecular weight excluding hydrogens is 300 g/mol. The second-order valence-electron chi connectivity index (χ2n) is 3.47. The maximum absolute atomic E-state index is 11.0. The van der Waals surface area contributed by atoms with Crippen LogP contribution in [0.2, 0.25) is 0 Å². The van der Waals surface area contributed by atoms with E-state index in [9.17, 15) is 9.59 Å². The molecule has 1 aromatic rings. The van der Waals surface area contributed by atoms with Crippen LogP contribution in [0.5, 0.6) is 5.75 Å². The SMILES string of the molecule is C=CCc1cc(C=O)cc(Br)c1OCC(=O)OC. The van der Waals surface area contributed by atoms with E-state index in [4.69, 9.17) is 4.74 Å². The molecule has 1 aromatic carbocycles. The Kier molecular flexibility index (Phi) is 5.58. The van der Waals surface area contributed by atoms with E-state index in [-0.39, 0.29) is 6.61 Å². The fourth-order valence-corrected chi connectivity index (χ4v) is 2.03.